The number of benzene rings is 1. The smallest absolute Gasteiger partial charge is 0.376 e. The molecule has 1 saturated heterocycles. The minimum atomic E-state index is -4.78. The summed E-state index contributed by atoms with van der Waals surface area (Å²) in [6, 6.07) is 2.57. The van der Waals surface area contributed by atoms with Gasteiger partial charge in [-0.25, -0.2) is 4.39 Å². The highest BCUT2D eigenvalue weighted by molar-refractivity contribution is 6.31. The first-order valence-electron chi connectivity index (χ1n) is 9.83. The topological polar surface area (TPSA) is 48.5 Å². The van der Waals surface area contributed by atoms with E-state index in [9.17, 15) is 22.4 Å². The van der Waals surface area contributed by atoms with E-state index in [0.29, 0.717) is 25.3 Å². The van der Waals surface area contributed by atoms with Crippen LogP contribution in [0.5, 0.6) is 0 Å². The zero-order valence-corrected chi connectivity index (χ0v) is 18.4. The lowest BCUT2D eigenvalue weighted by molar-refractivity contribution is -0.137. The summed E-state index contributed by atoms with van der Waals surface area (Å²) in [6.45, 7) is 7.00. The molecule has 1 aliphatic heterocycles. The molecule has 2 aromatic rings. The van der Waals surface area contributed by atoms with Crippen molar-refractivity contribution in [3.63, 3.8) is 0 Å². The Kier molecular flexibility index (Phi) is 6.40. The van der Waals surface area contributed by atoms with Crippen LogP contribution < -0.4 is 5.49 Å². The zero-order chi connectivity index (χ0) is 23.1. The fourth-order valence-corrected chi connectivity index (χ4v) is 3.86. The van der Waals surface area contributed by atoms with Crippen LogP contribution in [-0.4, -0.2) is 28.0 Å². The van der Waals surface area contributed by atoms with E-state index in [1.807, 2.05) is 25.5 Å². The largest absolute Gasteiger partial charge is 0.416 e. The fraction of sp³-hybridized carbons (Fsp3) is 0.524. The Morgan fingerprint density at radius 3 is 2.48 bits per heavy atom. The van der Waals surface area contributed by atoms with E-state index < -0.39 is 34.1 Å². The molecule has 10 heteroatoms. The van der Waals surface area contributed by atoms with Gasteiger partial charge in [-0.15, -0.1) is 0 Å². The molecule has 2 heterocycles. The average molecular weight is 462 g/mol. The predicted molar refractivity (Wildman–Crippen MR) is 107 cm³/mol. The molecule has 1 fully saturated rings. The van der Waals surface area contributed by atoms with E-state index in [4.69, 9.17) is 16.3 Å². The first-order valence-corrected chi connectivity index (χ1v) is 10.2. The molecular formula is C21H24ClF4N3O2. The summed E-state index contributed by atoms with van der Waals surface area (Å²) in [5, 5.41) is -0.788. The van der Waals surface area contributed by atoms with Crippen LogP contribution in [0.4, 0.5) is 17.6 Å². The van der Waals surface area contributed by atoms with Crippen molar-refractivity contribution in [3.05, 3.63) is 51.3 Å². The zero-order valence-electron chi connectivity index (χ0n) is 17.7. The van der Waals surface area contributed by atoms with Crippen molar-refractivity contribution in [2.75, 3.05) is 6.61 Å². The second kappa shape index (κ2) is 8.43. The standard InChI is InChI=1S/C21H24ClF4N3O2/c1-20(2,3)16-10-17(29(28(16)4)11-13-6-5-7-31-13)27-19(30)14-8-12(21(24,25)26)9-15(22)18(14)23/h8-10,13H,5-7,11H2,1-4H3/t13-/m1/s1. The van der Waals surface area contributed by atoms with Gasteiger partial charge in [-0.2, -0.15) is 18.2 Å². The number of hydrogen-bond donors (Lipinski definition) is 0. The third kappa shape index (κ3) is 5.03. The lowest BCUT2D eigenvalue weighted by atomic mass is 9.92. The highest BCUT2D eigenvalue weighted by Gasteiger charge is 2.33. The van der Waals surface area contributed by atoms with Crippen molar-refractivity contribution in [3.8, 4) is 0 Å². The van der Waals surface area contributed by atoms with E-state index in [1.165, 1.54) is 0 Å². The van der Waals surface area contributed by atoms with Gasteiger partial charge in [0.15, 0.2) is 11.3 Å². The first-order chi connectivity index (χ1) is 14.3. The molecule has 0 bridgehead atoms. The van der Waals surface area contributed by atoms with Crippen molar-refractivity contribution >= 4 is 17.5 Å². The number of hydrogen-bond acceptors (Lipinski definition) is 2. The van der Waals surface area contributed by atoms with E-state index in [2.05, 4.69) is 4.99 Å². The molecule has 1 amide bonds. The average Bonchev–Trinajstić information content (AvgIpc) is 3.26. The van der Waals surface area contributed by atoms with Gasteiger partial charge in [0, 0.05) is 30.8 Å². The van der Waals surface area contributed by atoms with Crippen LogP contribution in [0.25, 0.3) is 0 Å². The van der Waals surface area contributed by atoms with Gasteiger partial charge in [-0.3, -0.25) is 14.2 Å². The van der Waals surface area contributed by atoms with Crippen LogP contribution >= 0.6 is 11.6 Å². The highest BCUT2D eigenvalue weighted by Crippen LogP contribution is 2.33. The summed E-state index contributed by atoms with van der Waals surface area (Å²) in [4.78, 5) is 16.7. The maximum Gasteiger partial charge on any atom is 0.416 e. The van der Waals surface area contributed by atoms with E-state index in [1.54, 1.807) is 17.8 Å². The van der Waals surface area contributed by atoms with Gasteiger partial charge < -0.3 is 4.74 Å². The highest BCUT2D eigenvalue weighted by atomic mass is 35.5. The number of halogens is 5. The van der Waals surface area contributed by atoms with Crippen LogP contribution in [0.3, 0.4) is 0 Å². The molecule has 31 heavy (non-hydrogen) atoms. The second-order valence-corrected chi connectivity index (χ2v) is 9.02. The van der Waals surface area contributed by atoms with Gasteiger partial charge >= 0.3 is 6.18 Å². The number of ether oxygens (including phenoxy) is 1. The van der Waals surface area contributed by atoms with Crippen LogP contribution in [0.15, 0.2) is 23.2 Å². The summed E-state index contributed by atoms with van der Waals surface area (Å²) in [5.74, 6) is -2.38. The molecular weight excluding hydrogens is 438 g/mol. The molecule has 1 atom stereocenters. The normalized spacial score (nSPS) is 18.1. The van der Waals surface area contributed by atoms with Crippen LogP contribution in [0, 0.1) is 5.82 Å². The van der Waals surface area contributed by atoms with E-state index in [0.717, 1.165) is 18.5 Å². The fourth-order valence-electron chi connectivity index (χ4n) is 3.64. The number of amides is 1. The Balaban J connectivity index is 2.12. The SMILES string of the molecule is Cn1c(C(C)(C)C)cc(=NC(=O)c2cc(C(F)(F)F)cc(Cl)c2F)n1C[C@H]1CCCO1. The minimum absolute atomic E-state index is 0.0739. The van der Waals surface area contributed by atoms with Gasteiger partial charge in [0.1, 0.15) is 0 Å². The van der Waals surface area contributed by atoms with Crippen LogP contribution in [0.1, 0.15) is 55.2 Å². The van der Waals surface area contributed by atoms with Gasteiger partial charge in [0.05, 0.1) is 28.8 Å². The third-order valence-electron chi connectivity index (χ3n) is 5.21. The van der Waals surface area contributed by atoms with Crippen molar-refractivity contribution < 1.29 is 27.1 Å². The molecule has 1 aliphatic rings. The number of carbonyl (C=O) groups excluding carboxylic acids is 1. The number of aromatic nitrogens is 2. The lowest BCUT2D eigenvalue weighted by Crippen LogP contribution is -2.30. The lowest BCUT2D eigenvalue weighted by Gasteiger charge is -2.21. The molecule has 170 valence electrons. The number of rotatable bonds is 3. The van der Waals surface area contributed by atoms with Gasteiger partial charge in [-0.1, -0.05) is 32.4 Å². The van der Waals surface area contributed by atoms with E-state index >= 15 is 0 Å². The molecule has 3 rings (SSSR count). The summed E-state index contributed by atoms with van der Waals surface area (Å²) in [5.41, 5.74) is -1.28. The van der Waals surface area contributed by atoms with Crippen LogP contribution in [0.2, 0.25) is 5.02 Å². The minimum Gasteiger partial charge on any atom is -0.376 e. The van der Waals surface area contributed by atoms with Crippen molar-refractivity contribution in [1.82, 2.24) is 9.36 Å². The molecule has 1 aromatic carbocycles. The maximum atomic E-state index is 14.4. The van der Waals surface area contributed by atoms with Crippen molar-refractivity contribution in [2.45, 2.75) is 57.9 Å². The Morgan fingerprint density at radius 1 is 1.26 bits per heavy atom. The molecule has 5 nitrogen and oxygen atoms in total. The molecule has 0 saturated carbocycles. The Labute approximate surface area is 182 Å². The number of alkyl halides is 3. The Hall–Kier alpha value is -2.13. The predicted octanol–water partition coefficient (Wildman–Crippen LogP) is 4.86. The van der Waals surface area contributed by atoms with Crippen LogP contribution in [-0.2, 0) is 29.9 Å². The summed E-state index contributed by atoms with van der Waals surface area (Å²) in [7, 11) is 1.81. The van der Waals surface area contributed by atoms with Gasteiger partial charge in [-0.05, 0) is 25.0 Å². The van der Waals surface area contributed by atoms with Crippen molar-refractivity contribution in [1.29, 1.82) is 0 Å². The maximum absolute atomic E-state index is 14.4. The summed E-state index contributed by atoms with van der Waals surface area (Å²) >= 11 is 5.61. The van der Waals surface area contributed by atoms with E-state index in [-0.39, 0.29) is 17.0 Å². The molecule has 0 aliphatic carbocycles. The summed E-state index contributed by atoms with van der Waals surface area (Å²) < 4.78 is 63.0. The Bertz CT molecular complexity index is 1060. The molecule has 0 unspecified atom stereocenters. The van der Waals surface area contributed by atoms with Gasteiger partial charge in [0.2, 0.25) is 0 Å². The quantitative estimate of drug-likeness (QED) is 0.613. The number of carbonyl (C=O) groups is 1. The third-order valence-corrected chi connectivity index (χ3v) is 5.49. The Morgan fingerprint density at radius 2 is 1.94 bits per heavy atom. The number of nitrogens with zero attached hydrogens (tertiary/aromatic N) is 3. The molecule has 1 aromatic heterocycles. The monoisotopic (exact) mass is 461 g/mol. The second-order valence-electron chi connectivity index (χ2n) is 8.61. The van der Waals surface area contributed by atoms with Gasteiger partial charge in [0.25, 0.3) is 5.91 Å². The van der Waals surface area contributed by atoms with Crippen molar-refractivity contribution in [2.24, 2.45) is 12.0 Å². The summed E-state index contributed by atoms with van der Waals surface area (Å²) in [6.07, 6.45) is -3.09. The molecule has 0 spiro atoms. The molecule has 0 N–H and O–H groups in total. The first kappa shape index (κ1) is 23.5. The molecule has 0 radical (unpaired) electrons.